The number of piperidine rings is 2. The molecule has 0 aromatic heterocycles. The summed E-state index contributed by atoms with van der Waals surface area (Å²) >= 11 is 0. The summed E-state index contributed by atoms with van der Waals surface area (Å²) in [6, 6.07) is 8.22. The Labute approximate surface area is 225 Å². The minimum absolute atomic E-state index is 0.100. The van der Waals surface area contributed by atoms with E-state index in [0.717, 1.165) is 0 Å². The number of rotatable bonds is 5. The number of nitrogens with zero attached hydrogens (tertiary/aromatic N) is 3. The van der Waals surface area contributed by atoms with Gasteiger partial charge in [0.2, 0.25) is 11.8 Å². The zero-order valence-electron chi connectivity index (χ0n) is 23.1. The van der Waals surface area contributed by atoms with Crippen LogP contribution in [0.15, 0.2) is 30.3 Å². The molecule has 0 saturated carbocycles. The van der Waals surface area contributed by atoms with Gasteiger partial charge in [-0.3, -0.25) is 24.1 Å². The predicted molar refractivity (Wildman–Crippen MR) is 141 cm³/mol. The first-order valence-corrected chi connectivity index (χ1v) is 13.8. The van der Waals surface area contributed by atoms with Crippen molar-refractivity contribution in [1.29, 1.82) is 0 Å². The summed E-state index contributed by atoms with van der Waals surface area (Å²) in [7, 11) is 0. The molecule has 0 N–H and O–H groups in total. The van der Waals surface area contributed by atoms with Gasteiger partial charge in [0.15, 0.2) is 0 Å². The highest BCUT2D eigenvalue weighted by Crippen LogP contribution is 2.39. The molecular weight excluding hydrogens is 486 g/mol. The Morgan fingerprint density at radius 1 is 0.974 bits per heavy atom. The number of benzene rings is 1. The van der Waals surface area contributed by atoms with Crippen molar-refractivity contribution >= 4 is 23.7 Å². The standard InChI is InChI=1S/C29H41N3O6/c1-5-37-27(36)22-11-15-31(16-12-22)26(35)23-20-38-29(32(23)25(34)21-9-7-6-8-10-21)13-17-30(18-14-29)24(33)19-28(2,3)4/h6-10,22-23H,5,11-20H2,1-4H3/t23-/m1/s1. The summed E-state index contributed by atoms with van der Waals surface area (Å²) < 4.78 is 11.5. The summed E-state index contributed by atoms with van der Waals surface area (Å²) in [5.74, 6) is -0.709. The van der Waals surface area contributed by atoms with Gasteiger partial charge < -0.3 is 19.3 Å². The summed E-state index contributed by atoms with van der Waals surface area (Å²) in [5, 5.41) is 0. The molecule has 1 aromatic rings. The number of hydrogen-bond donors (Lipinski definition) is 0. The number of likely N-dealkylation sites (tertiary alicyclic amines) is 2. The van der Waals surface area contributed by atoms with Crippen LogP contribution in [0.1, 0.15) is 70.2 Å². The number of ether oxygens (including phenoxy) is 2. The quantitative estimate of drug-likeness (QED) is 0.546. The molecule has 3 saturated heterocycles. The molecule has 4 rings (SSSR count). The van der Waals surface area contributed by atoms with E-state index < -0.39 is 11.8 Å². The lowest BCUT2D eigenvalue weighted by Crippen LogP contribution is -2.60. The Bertz CT molecular complexity index is 1020. The molecule has 38 heavy (non-hydrogen) atoms. The fourth-order valence-electron chi connectivity index (χ4n) is 5.75. The average molecular weight is 528 g/mol. The molecular formula is C29H41N3O6. The second kappa shape index (κ2) is 11.4. The Kier molecular flexibility index (Phi) is 8.45. The number of esters is 1. The zero-order valence-corrected chi connectivity index (χ0v) is 23.1. The maximum absolute atomic E-state index is 13.9. The van der Waals surface area contributed by atoms with Gasteiger partial charge in [-0.25, -0.2) is 0 Å². The second-order valence-corrected chi connectivity index (χ2v) is 11.8. The monoisotopic (exact) mass is 527 g/mol. The van der Waals surface area contributed by atoms with Crippen LogP contribution >= 0.6 is 0 Å². The first-order valence-electron chi connectivity index (χ1n) is 13.8. The number of carbonyl (C=O) groups is 4. The van der Waals surface area contributed by atoms with E-state index in [1.165, 1.54) is 0 Å². The molecule has 3 aliphatic heterocycles. The predicted octanol–water partition coefficient (Wildman–Crippen LogP) is 3.08. The van der Waals surface area contributed by atoms with E-state index in [9.17, 15) is 19.2 Å². The van der Waals surface area contributed by atoms with Crippen LogP contribution in [-0.4, -0.2) is 89.6 Å². The van der Waals surface area contributed by atoms with E-state index >= 15 is 0 Å². The van der Waals surface area contributed by atoms with Crippen molar-refractivity contribution in [2.24, 2.45) is 11.3 Å². The fraction of sp³-hybridized carbons (Fsp3) is 0.655. The molecule has 3 heterocycles. The van der Waals surface area contributed by atoms with Gasteiger partial charge in [-0.05, 0) is 37.3 Å². The van der Waals surface area contributed by atoms with E-state index in [1.807, 2.05) is 43.9 Å². The molecule has 1 atom stereocenters. The van der Waals surface area contributed by atoms with Crippen molar-refractivity contribution in [1.82, 2.24) is 14.7 Å². The van der Waals surface area contributed by atoms with Crippen LogP contribution in [0.3, 0.4) is 0 Å². The fourth-order valence-corrected chi connectivity index (χ4v) is 5.75. The van der Waals surface area contributed by atoms with E-state index in [4.69, 9.17) is 9.47 Å². The van der Waals surface area contributed by atoms with Crippen LogP contribution in [0.4, 0.5) is 0 Å². The topological polar surface area (TPSA) is 96.5 Å². The molecule has 0 radical (unpaired) electrons. The maximum Gasteiger partial charge on any atom is 0.309 e. The van der Waals surface area contributed by atoms with Gasteiger partial charge in [-0.2, -0.15) is 0 Å². The van der Waals surface area contributed by atoms with Crippen LogP contribution in [0.5, 0.6) is 0 Å². The summed E-state index contributed by atoms with van der Waals surface area (Å²) in [6.07, 6.45) is 2.45. The number of amides is 3. The number of carbonyl (C=O) groups excluding carboxylic acids is 4. The molecule has 3 fully saturated rings. The SMILES string of the molecule is CCOC(=O)C1CCN(C(=O)[C@H]2COC3(CCN(C(=O)CC(C)(C)C)CC3)N2C(=O)c2ccccc2)CC1. The van der Waals surface area contributed by atoms with E-state index in [2.05, 4.69) is 0 Å². The molecule has 9 nitrogen and oxygen atoms in total. The highest BCUT2D eigenvalue weighted by Gasteiger charge is 2.55. The smallest absolute Gasteiger partial charge is 0.309 e. The second-order valence-electron chi connectivity index (χ2n) is 11.8. The van der Waals surface area contributed by atoms with Crippen LogP contribution in [0, 0.1) is 11.3 Å². The van der Waals surface area contributed by atoms with E-state index in [1.54, 1.807) is 28.9 Å². The molecule has 3 aliphatic rings. The first-order chi connectivity index (χ1) is 18.0. The largest absolute Gasteiger partial charge is 0.466 e. The molecule has 3 amide bonds. The lowest BCUT2D eigenvalue weighted by atomic mass is 9.90. The third kappa shape index (κ3) is 6.03. The van der Waals surface area contributed by atoms with Gasteiger partial charge in [0, 0.05) is 51.0 Å². The van der Waals surface area contributed by atoms with Crippen molar-refractivity contribution in [3.8, 4) is 0 Å². The first kappa shape index (κ1) is 28.1. The zero-order chi connectivity index (χ0) is 27.5. The average Bonchev–Trinajstić information content (AvgIpc) is 3.26. The molecule has 0 bridgehead atoms. The van der Waals surface area contributed by atoms with Gasteiger partial charge in [0.05, 0.1) is 19.1 Å². The van der Waals surface area contributed by atoms with Crippen molar-refractivity contribution in [3.63, 3.8) is 0 Å². The Morgan fingerprint density at radius 3 is 2.18 bits per heavy atom. The van der Waals surface area contributed by atoms with Crippen LogP contribution in [-0.2, 0) is 23.9 Å². The van der Waals surface area contributed by atoms with Gasteiger partial charge in [0.25, 0.3) is 5.91 Å². The van der Waals surface area contributed by atoms with Gasteiger partial charge in [-0.15, -0.1) is 0 Å². The Balaban J connectivity index is 1.51. The van der Waals surface area contributed by atoms with Crippen molar-refractivity contribution in [3.05, 3.63) is 35.9 Å². The Hall–Kier alpha value is -2.94. The van der Waals surface area contributed by atoms with E-state index in [-0.39, 0.29) is 41.6 Å². The van der Waals surface area contributed by atoms with Crippen molar-refractivity contribution in [2.45, 2.75) is 71.6 Å². The highest BCUT2D eigenvalue weighted by atomic mass is 16.5. The lowest BCUT2D eigenvalue weighted by molar-refractivity contribution is -0.152. The van der Waals surface area contributed by atoms with Crippen LogP contribution < -0.4 is 0 Å². The van der Waals surface area contributed by atoms with Crippen molar-refractivity contribution in [2.75, 3.05) is 39.4 Å². The highest BCUT2D eigenvalue weighted by molar-refractivity contribution is 5.98. The molecule has 1 spiro atoms. The minimum Gasteiger partial charge on any atom is -0.466 e. The Morgan fingerprint density at radius 2 is 1.61 bits per heavy atom. The number of hydrogen-bond acceptors (Lipinski definition) is 6. The lowest BCUT2D eigenvalue weighted by Gasteiger charge is -2.45. The summed E-state index contributed by atoms with van der Waals surface area (Å²) in [4.78, 5) is 57.9. The van der Waals surface area contributed by atoms with E-state index in [0.29, 0.717) is 70.5 Å². The van der Waals surface area contributed by atoms with Crippen molar-refractivity contribution < 1.29 is 28.7 Å². The van der Waals surface area contributed by atoms with Crippen LogP contribution in [0.2, 0.25) is 0 Å². The third-order valence-corrected chi connectivity index (χ3v) is 7.79. The maximum atomic E-state index is 13.9. The molecule has 0 unspecified atom stereocenters. The summed E-state index contributed by atoms with van der Waals surface area (Å²) in [5.41, 5.74) is -0.541. The molecule has 1 aromatic carbocycles. The normalized spacial score (nSPS) is 22.0. The third-order valence-electron chi connectivity index (χ3n) is 7.79. The molecule has 208 valence electrons. The summed E-state index contributed by atoms with van der Waals surface area (Å²) in [6.45, 7) is 10.2. The van der Waals surface area contributed by atoms with Crippen LogP contribution in [0.25, 0.3) is 0 Å². The van der Waals surface area contributed by atoms with Gasteiger partial charge in [0.1, 0.15) is 11.8 Å². The minimum atomic E-state index is -0.935. The molecule has 9 heteroatoms. The molecule has 0 aliphatic carbocycles. The van der Waals surface area contributed by atoms with Gasteiger partial charge >= 0.3 is 5.97 Å². The van der Waals surface area contributed by atoms with Gasteiger partial charge in [-0.1, -0.05) is 39.0 Å².